The quantitative estimate of drug-likeness (QED) is 0.664. The molecule has 0 radical (unpaired) electrons. The number of likely N-dealkylation sites (tertiary alicyclic amines) is 1. The van der Waals surface area contributed by atoms with Gasteiger partial charge in [0.1, 0.15) is 4.21 Å². The van der Waals surface area contributed by atoms with Gasteiger partial charge >= 0.3 is 0 Å². The summed E-state index contributed by atoms with van der Waals surface area (Å²) in [6, 6.07) is 3.16. The molecule has 0 unspecified atom stereocenters. The number of likely N-dealkylation sites (N-methyl/N-ethyl adjacent to an activating group) is 1. The van der Waals surface area contributed by atoms with Crippen molar-refractivity contribution >= 4 is 33.2 Å². The van der Waals surface area contributed by atoms with Gasteiger partial charge in [-0.15, -0.1) is 11.3 Å². The molecule has 0 aromatic carbocycles. The highest BCUT2D eigenvalue weighted by Gasteiger charge is 2.26. The van der Waals surface area contributed by atoms with Gasteiger partial charge in [-0.05, 0) is 24.3 Å². The molecule has 8 nitrogen and oxygen atoms in total. The molecule has 24 heavy (non-hydrogen) atoms. The second-order valence-corrected chi connectivity index (χ2v) is 9.00. The van der Waals surface area contributed by atoms with Gasteiger partial charge in [-0.3, -0.25) is 14.5 Å². The number of hydrogen-bond donors (Lipinski definition) is 2. The number of nitrogens with one attached hydrogen (secondary N) is 1. The predicted molar refractivity (Wildman–Crippen MR) is 90.9 cm³/mol. The molecular formula is C14H22N4O4S2. The number of thiophene rings is 1. The van der Waals surface area contributed by atoms with Crippen LogP contribution in [0, 0.1) is 0 Å². The summed E-state index contributed by atoms with van der Waals surface area (Å²) in [5, 5.41) is 4.54. The molecule has 0 atom stereocenters. The number of amides is 2. The molecule has 2 heterocycles. The number of carbonyl (C=O) groups excluding carboxylic acids is 2. The van der Waals surface area contributed by atoms with E-state index in [0.717, 1.165) is 15.6 Å². The van der Waals surface area contributed by atoms with E-state index < -0.39 is 10.0 Å². The van der Waals surface area contributed by atoms with Crippen LogP contribution >= 0.6 is 11.3 Å². The molecule has 134 valence electrons. The van der Waals surface area contributed by atoms with Crippen molar-refractivity contribution in [3.63, 3.8) is 0 Å². The second-order valence-electron chi connectivity index (χ2n) is 5.78. The summed E-state index contributed by atoms with van der Waals surface area (Å²) < 4.78 is 25.8. The summed E-state index contributed by atoms with van der Waals surface area (Å²) in [5.41, 5.74) is 5.16. The van der Waals surface area contributed by atoms with Gasteiger partial charge in [0.05, 0.1) is 13.1 Å². The lowest BCUT2D eigenvalue weighted by Crippen LogP contribution is -2.48. The molecular weight excluding hydrogens is 352 g/mol. The summed E-state index contributed by atoms with van der Waals surface area (Å²) in [7, 11) is -2.23. The summed E-state index contributed by atoms with van der Waals surface area (Å²) in [4.78, 5) is 24.9. The maximum absolute atomic E-state index is 12.3. The van der Waals surface area contributed by atoms with Crippen LogP contribution in [0.25, 0.3) is 0 Å². The van der Waals surface area contributed by atoms with Gasteiger partial charge in [0.15, 0.2) is 0 Å². The lowest BCUT2D eigenvalue weighted by Gasteiger charge is -2.31. The fourth-order valence-corrected chi connectivity index (χ4v) is 4.91. The number of rotatable bonds is 7. The first-order valence-electron chi connectivity index (χ1n) is 7.59. The van der Waals surface area contributed by atoms with Crippen LogP contribution in [-0.2, 0) is 19.6 Å². The normalized spacial score (nSPS) is 17.1. The molecule has 1 aliphatic rings. The molecule has 1 aromatic heterocycles. The van der Waals surface area contributed by atoms with Crippen molar-refractivity contribution in [2.75, 3.05) is 33.2 Å². The maximum atomic E-state index is 12.3. The third-order valence-electron chi connectivity index (χ3n) is 3.86. The zero-order chi connectivity index (χ0) is 17.7. The first-order valence-corrected chi connectivity index (χ1v) is 9.91. The van der Waals surface area contributed by atoms with Gasteiger partial charge < -0.3 is 11.1 Å². The van der Waals surface area contributed by atoms with Crippen molar-refractivity contribution in [2.24, 2.45) is 5.73 Å². The van der Waals surface area contributed by atoms with E-state index in [2.05, 4.69) is 5.32 Å². The van der Waals surface area contributed by atoms with Gasteiger partial charge in [-0.1, -0.05) is 6.07 Å². The third-order valence-corrected chi connectivity index (χ3v) is 7.03. The number of hydrogen-bond acceptors (Lipinski definition) is 6. The average molecular weight is 374 g/mol. The van der Waals surface area contributed by atoms with E-state index in [-0.39, 0.29) is 35.2 Å². The van der Waals surface area contributed by atoms with Crippen LogP contribution in [0.5, 0.6) is 0 Å². The Bertz CT molecular complexity index is 667. The summed E-state index contributed by atoms with van der Waals surface area (Å²) in [6.45, 7) is 1.36. The molecule has 3 N–H and O–H groups in total. The molecule has 0 bridgehead atoms. The predicted octanol–water partition coefficient (Wildman–Crippen LogP) is -0.565. The monoisotopic (exact) mass is 374 g/mol. The highest BCUT2D eigenvalue weighted by Crippen LogP contribution is 2.19. The van der Waals surface area contributed by atoms with Crippen LogP contribution in [-0.4, -0.2) is 68.7 Å². The molecule has 2 amide bonds. The Morgan fingerprint density at radius 3 is 2.62 bits per heavy atom. The van der Waals surface area contributed by atoms with Gasteiger partial charge in [0, 0.05) is 26.2 Å². The third kappa shape index (κ3) is 5.00. The minimum atomic E-state index is -3.62. The Labute approximate surface area is 145 Å². The van der Waals surface area contributed by atoms with E-state index in [1.165, 1.54) is 13.1 Å². The SMILES string of the molecule is CN(CC(=O)NC1CCN(CC(N)=O)CC1)S(=O)(=O)c1cccs1. The Morgan fingerprint density at radius 1 is 1.42 bits per heavy atom. The first kappa shape index (κ1) is 18.8. The number of piperidine rings is 1. The van der Waals surface area contributed by atoms with E-state index in [0.29, 0.717) is 25.9 Å². The van der Waals surface area contributed by atoms with Crippen molar-refractivity contribution in [2.45, 2.75) is 23.1 Å². The van der Waals surface area contributed by atoms with Crippen LogP contribution < -0.4 is 11.1 Å². The molecule has 1 aliphatic heterocycles. The van der Waals surface area contributed by atoms with Crippen molar-refractivity contribution < 1.29 is 18.0 Å². The van der Waals surface area contributed by atoms with Crippen LogP contribution in [0.15, 0.2) is 21.7 Å². The van der Waals surface area contributed by atoms with Gasteiger partial charge in [-0.25, -0.2) is 8.42 Å². The van der Waals surface area contributed by atoms with Crippen LogP contribution in [0.4, 0.5) is 0 Å². The fraction of sp³-hybridized carbons (Fsp3) is 0.571. The lowest BCUT2D eigenvalue weighted by atomic mass is 10.1. The average Bonchev–Trinajstić information content (AvgIpc) is 3.03. The standard InChI is InChI=1S/C14H22N4O4S2/c1-17(24(21,22)14-3-2-8-23-14)10-13(20)16-11-4-6-18(7-5-11)9-12(15)19/h2-3,8,11H,4-7,9-10H2,1H3,(H2,15,19)(H,16,20). The number of nitrogens with two attached hydrogens (primary N) is 1. The van der Waals surface area contributed by atoms with E-state index >= 15 is 0 Å². The number of carbonyl (C=O) groups is 2. The van der Waals surface area contributed by atoms with Crippen molar-refractivity contribution in [1.29, 1.82) is 0 Å². The zero-order valence-corrected chi connectivity index (χ0v) is 15.1. The van der Waals surface area contributed by atoms with Gasteiger partial charge in [0.25, 0.3) is 10.0 Å². The van der Waals surface area contributed by atoms with Crippen LogP contribution in [0.2, 0.25) is 0 Å². The largest absolute Gasteiger partial charge is 0.369 e. The molecule has 1 saturated heterocycles. The highest BCUT2D eigenvalue weighted by molar-refractivity contribution is 7.91. The van der Waals surface area contributed by atoms with E-state index in [1.807, 2.05) is 4.90 Å². The number of primary amides is 1. The van der Waals surface area contributed by atoms with Crippen molar-refractivity contribution in [3.05, 3.63) is 17.5 Å². The smallest absolute Gasteiger partial charge is 0.252 e. The minimum Gasteiger partial charge on any atom is -0.369 e. The Kier molecular flexibility index (Phi) is 6.33. The summed E-state index contributed by atoms with van der Waals surface area (Å²) >= 11 is 1.12. The fourth-order valence-electron chi connectivity index (χ4n) is 2.58. The highest BCUT2D eigenvalue weighted by atomic mass is 32.2. The molecule has 0 aliphatic carbocycles. The van der Waals surface area contributed by atoms with Crippen molar-refractivity contribution in [1.82, 2.24) is 14.5 Å². The second kappa shape index (κ2) is 8.06. The zero-order valence-electron chi connectivity index (χ0n) is 13.5. The maximum Gasteiger partial charge on any atom is 0.252 e. The molecule has 10 heteroatoms. The first-order chi connectivity index (χ1) is 11.3. The molecule has 1 aromatic rings. The molecule has 0 saturated carbocycles. The molecule has 0 spiro atoms. The van der Waals surface area contributed by atoms with Gasteiger partial charge in [0.2, 0.25) is 11.8 Å². The molecule has 2 rings (SSSR count). The Balaban J connectivity index is 1.81. The lowest BCUT2D eigenvalue weighted by molar-refractivity contribution is -0.123. The Hall–Kier alpha value is -1.49. The molecule has 1 fully saturated rings. The topological polar surface area (TPSA) is 113 Å². The van der Waals surface area contributed by atoms with Crippen LogP contribution in [0.3, 0.4) is 0 Å². The van der Waals surface area contributed by atoms with E-state index in [4.69, 9.17) is 5.73 Å². The number of nitrogens with zero attached hydrogens (tertiary/aromatic N) is 2. The minimum absolute atomic E-state index is 0.0144. The number of sulfonamides is 1. The van der Waals surface area contributed by atoms with Gasteiger partial charge in [-0.2, -0.15) is 4.31 Å². The van der Waals surface area contributed by atoms with Crippen molar-refractivity contribution in [3.8, 4) is 0 Å². The van der Waals surface area contributed by atoms with E-state index in [9.17, 15) is 18.0 Å². The summed E-state index contributed by atoms with van der Waals surface area (Å²) in [6.07, 6.45) is 1.42. The Morgan fingerprint density at radius 2 is 2.08 bits per heavy atom. The van der Waals surface area contributed by atoms with Crippen LogP contribution in [0.1, 0.15) is 12.8 Å². The summed E-state index contributed by atoms with van der Waals surface area (Å²) in [5.74, 6) is -0.691. The van der Waals surface area contributed by atoms with E-state index in [1.54, 1.807) is 11.4 Å².